The fourth-order valence-corrected chi connectivity index (χ4v) is 3.99. The van der Waals surface area contributed by atoms with Gasteiger partial charge in [-0.05, 0) is 37.1 Å². The summed E-state index contributed by atoms with van der Waals surface area (Å²) >= 11 is 0. The monoisotopic (exact) mass is 350 g/mol. The minimum absolute atomic E-state index is 0.0191. The summed E-state index contributed by atoms with van der Waals surface area (Å²) in [6.07, 6.45) is 2.33. The number of sulfonamides is 1. The third-order valence-corrected chi connectivity index (χ3v) is 5.72. The lowest BCUT2D eigenvalue weighted by Gasteiger charge is -2.15. The van der Waals surface area contributed by atoms with E-state index in [4.69, 9.17) is 4.42 Å². The van der Waals surface area contributed by atoms with Crippen LogP contribution >= 0.6 is 0 Å². The van der Waals surface area contributed by atoms with Crippen molar-refractivity contribution in [2.24, 2.45) is 0 Å². The first-order chi connectivity index (χ1) is 11.5. The number of carbonyl (C=O) groups excluding carboxylic acids is 1. The van der Waals surface area contributed by atoms with E-state index in [-0.39, 0.29) is 10.9 Å². The highest BCUT2D eigenvalue weighted by Crippen LogP contribution is 2.21. The quantitative estimate of drug-likeness (QED) is 0.879. The Labute approximate surface area is 139 Å². The molecule has 1 aliphatic rings. The number of benzene rings is 1. The van der Waals surface area contributed by atoms with E-state index < -0.39 is 15.9 Å². The van der Waals surface area contributed by atoms with Gasteiger partial charge in [0.25, 0.3) is 5.91 Å². The Balaban J connectivity index is 1.72. The number of aromatic nitrogens is 2. The molecule has 1 saturated heterocycles. The highest BCUT2D eigenvalue weighted by atomic mass is 32.2. The van der Waals surface area contributed by atoms with Gasteiger partial charge in [-0.15, -0.1) is 5.10 Å². The first kappa shape index (κ1) is 16.6. The van der Waals surface area contributed by atoms with Crippen molar-refractivity contribution in [1.82, 2.24) is 14.5 Å². The predicted molar refractivity (Wildman–Crippen MR) is 86.1 cm³/mol. The molecule has 24 heavy (non-hydrogen) atoms. The van der Waals surface area contributed by atoms with Crippen molar-refractivity contribution >= 4 is 21.9 Å². The summed E-state index contributed by atoms with van der Waals surface area (Å²) in [7, 11) is -3.48. The summed E-state index contributed by atoms with van der Waals surface area (Å²) in [5.74, 6) is -0.0104. The van der Waals surface area contributed by atoms with Crippen LogP contribution in [0, 0.1) is 0 Å². The fraction of sp³-hybridized carbons (Fsp3) is 0.400. The van der Waals surface area contributed by atoms with Crippen LogP contribution in [-0.2, 0) is 16.4 Å². The topological polar surface area (TPSA) is 105 Å². The zero-order valence-corrected chi connectivity index (χ0v) is 14.0. The third-order valence-electron chi connectivity index (χ3n) is 3.81. The number of anilines is 1. The molecule has 1 aliphatic heterocycles. The highest BCUT2D eigenvalue weighted by Gasteiger charge is 2.27. The Bertz CT molecular complexity index is 823. The predicted octanol–water partition coefficient (Wildman–Crippen LogP) is 1.67. The summed E-state index contributed by atoms with van der Waals surface area (Å²) in [6, 6.07) is 5.83. The van der Waals surface area contributed by atoms with Crippen molar-refractivity contribution in [3.63, 3.8) is 0 Å². The van der Waals surface area contributed by atoms with Gasteiger partial charge in [0.1, 0.15) is 0 Å². The summed E-state index contributed by atoms with van der Waals surface area (Å²) in [4.78, 5) is 12.3. The summed E-state index contributed by atoms with van der Waals surface area (Å²) in [5.41, 5.74) is 0.312. The lowest BCUT2D eigenvalue weighted by atomic mass is 10.2. The number of hydrogen-bond donors (Lipinski definition) is 1. The number of hydrogen-bond acceptors (Lipinski definition) is 6. The van der Waals surface area contributed by atoms with Gasteiger partial charge >= 0.3 is 6.01 Å². The van der Waals surface area contributed by atoms with Gasteiger partial charge in [-0.1, -0.05) is 12.0 Å². The molecule has 0 atom stereocenters. The zero-order valence-electron chi connectivity index (χ0n) is 13.2. The van der Waals surface area contributed by atoms with Crippen LogP contribution in [0.25, 0.3) is 0 Å². The molecule has 2 heterocycles. The van der Waals surface area contributed by atoms with E-state index in [1.165, 1.54) is 28.6 Å². The second kappa shape index (κ2) is 6.70. The molecule has 0 radical (unpaired) electrons. The summed E-state index contributed by atoms with van der Waals surface area (Å²) in [6.45, 7) is 2.95. The van der Waals surface area contributed by atoms with E-state index in [1.807, 2.05) is 6.92 Å². The van der Waals surface area contributed by atoms with Crippen LogP contribution in [0.15, 0.2) is 33.6 Å². The van der Waals surface area contributed by atoms with Crippen molar-refractivity contribution < 1.29 is 17.6 Å². The average Bonchev–Trinajstić information content (AvgIpc) is 3.27. The second-order valence-corrected chi connectivity index (χ2v) is 7.38. The van der Waals surface area contributed by atoms with Crippen LogP contribution < -0.4 is 5.32 Å². The number of nitrogens with one attached hydrogen (secondary N) is 1. The van der Waals surface area contributed by atoms with Gasteiger partial charge in [0.2, 0.25) is 15.9 Å². The van der Waals surface area contributed by atoms with Gasteiger partial charge < -0.3 is 4.42 Å². The van der Waals surface area contributed by atoms with Crippen LogP contribution in [0.4, 0.5) is 6.01 Å². The number of amides is 1. The molecule has 0 bridgehead atoms. The van der Waals surface area contributed by atoms with E-state index in [2.05, 4.69) is 15.5 Å². The number of rotatable bonds is 5. The van der Waals surface area contributed by atoms with Crippen LogP contribution in [0.2, 0.25) is 0 Å². The molecule has 9 heteroatoms. The molecule has 8 nitrogen and oxygen atoms in total. The van der Waals surface area contributed by atoms with Gasteiger partial charge in [-0.3, -0.25) is 10.1 Å². The van der Waals surface area contributed by atoms with Crippen LogP contribution in [0.5, 0.6) is 0 Å². The van der Waals surface area contributed by atoms with Gasteiger partial charge in [0, 0.05) is 25.1 Å². The Morgan fingerprint density at radius 2 is 1.88 bits per heavy atom. The van der Waals surface area contributed by atoms with Gasteiger partial charge in [0.15, 0.2) is 0 Å². The molecular weight excluding hydrogens is 332 g/mol. The van der Waals surface area contributed by atoms with E-state index >= 15 is 0 Å². The van der Waals surface area contributed by atoms with Crippen molar-refractivity contribution in [3.05, 3.63) is 35.7 Å². The SMILES string of the molecule is CCc1nnc(NC(=O)c2ccc(S(=O)(=O)N3CCCC3)cc2)o1. The molecule has 0 saturated carbocycles. The van der Waals surface area contributed by atoms with Gasteiger partial charge in [-0.2, -0.15) is 4.31 Å². The molecule has 0 unspecified atom stereocenters. The number of carbonyl (C=O) groups is 1. The van der Waals surface area contributed by atoms with Crippen molar-refractivity contribution in [1.29, 1.82) is 0 Å². The smallest absolute Gasteiger partial charge is 0.322 e. The first-order valence-corrected chi connectivity index (χ1v) is 9.18. The molecular formula is C15H18N4O4S. The van der Waals surface area contributed by atoms with E-state index in [1.54, 1.807) is 0 Å². The van der Waals surface area contributed by atoms with Crippen LogP contribution in [0.3, 0.4) is 0 Å². The van der Waals surface area contributed by atoms with E-state index in [9.17, 15) is 13.2 Å². The minimum atomic E-state index is -3.48. The first-order valence-electron chi connectivity index (χ1n) is 7.74. The summed E-state index contributed by atoms with van der Waals surface area (Å²) in [5, 5.41) is 9.95. The third kappa shape index (κ3) is 3.31. The maximum Gasteiger partial charge on any atom is 0.322 e. The Morgan fingerprint density at radius 1 is 1.21 bits per heavy atom. The minimum Gasteiger partial charge on any atom is -0.408 e. The molecule has 1 aromatic carbocycles. The Morgan fingerprint density at radius 3 is 2.46 bits per heavy atom. The van der Waals surface area contributed by atoms with Crippen molar-refractivity contribution in [2.45, 2.75) is 31.1 Å². The molecule has 3 rings (SSSR count). The molecule has 0 spiro atoms. The lowest BCUT2D eigenvalue weighted by Crippen LogP contribution is -2.27. The normalized spacial score (nSPS) is 15.5. The molecule has 1 amide bonds. The lowest BCUT2D eigenvalue weighted by molar-refractivity contribution is 0.102. The fourth-order valence-electron chi connectivity index (χ4n) is 2.47. The second-order valence-electron chi connectivity index (χ2n) is 5.44. The molecule has 1 aromatic heterocycles. The van der Waals surface area contributed by atoms with Crippen molar-refractivity contribution in [2.75, 3.05) is 18.4 Å². The van der Waals surface area contributed by atoms with Gasteiger partial charge in [-0.25, -0.2) is 8.42 Å². The van der Waals surface area contributed by atoms with Gasteiger partial charge in [0.05, 0.1) is 4.90 Å². The van der Waals surface area contributed by atoms with Crippen LogP contribution in [-0.4, -0.2) is 41.9 Å². The van der Waals surface area contributed by atoms with Crippen molar-refractivity contribution in [3.8, 4) is 0 Å². The zero-order chi connectivity index (χ0) is 17.2. The van der Waals surface area contributed by atoms with E-state index in [0.717, 1.165) is 12.8 Å². The molecule has 1 N–H and O–H groups in total. The number of aryl methyl sites for hydroxylation is 1. The largest absolute Gasteiger partial charge is 0.408 e. The molecule has 128 valence electrons. The summed E-state index contributed by atoms with van der Waals surface area (Å²) < 4.78 is 31.5. The average molecular weight is 350 g/mol. The molecule has 0 aliphatic carbocycles. The van der Waals surface area contributed by atoms with Crippen LogP contribution in [0.1, 0.15) is 36.0 Å². The maximum atomic E-state index is 12.4. The maximum absolute atomic E-state index is 12.4. The Kier molecular flexibility index (Phi) is 4.63. The standard InChI is InChI=1S/C15H18N4O4S/c1-2-13-17-18-15(23-13)16-14(20)11-5-7-12(8-6-11)24(21,22)19-9-3-4-10-19/h5-8H,2-4,9-10H2,1H3,(H,16,18,20). The van der Waals surface area contributed by atoms with E-state index in [0.29, 0.717) is 31.0 Å². The Hall–Kier alpha value is -2.26. The number of nitrogens with zero attached hydrogens (tertiary/aromatic N) is 3. The highest BCUT2D eigenvalue weighted by molar-refractivity contribution is 7.89. The molecule has 1 fully saturated rings. The molecule has 2 aromatic rings.